The fourth-order valence-electron chi connectivity index (χ4n) is 1.22. The van der Waals surface area contributed by atoms with Gasteiger partial charge >= 0.3 is 5.97 Å². The van der Waals surface area contributed by atoms with Gasteiger partial charge in [0.15, 0.2) is 0 Å². The molecule has 1 N–H and O–H groups in total. The number of carbonyl (C=O) groups is 1. The van der Waals surface area contributed by atoms with Gasteiger partial charge in [0.2, 0.25) is 0 Å². The molecule has 1 aromatic carbocycles. The van der Waals surface area contributed by atoms with E-state index in [2.05, 4.69) is 15.2 Å². The van der Waals surface area contributed by atoms with E-state index in [1.54, 1.807) is 18.2 Å². The average molecular weight is 301 g/mol. The van der Waals surface area contributed by atoms with E-state index >= 15 is 0 Å². The van der Waals surface area contributed by atoms with Crippen LogP contribution < -0.4 is 4.74 Å². The van der Waals surface area contributed by atoms with Crippen molar-refractivity contribution in [2.75, 3.05) is 27.8 Å². The fraction of sp³-hybridized carbons (Fsp3) is 0.364. The highest BCUT2D eigenvalue weighted by Gasteiger charge is 2.06. The first-order valence-corrected chi connectivity index (χ1v) is 6.21. The zero-order chi connectivity index (χ0) is 15.0. The second-order valence-electron chi connectivity index (χ2n) is 3.55. The maximum absolute atomic E-state index is 10.5. The lowest BCUT2D eigenvalue weighted by atomic mass is 10.3. The highest BCUT2D eigenvalue weighted by molar-refractivity contribution is 7.94. The van der Waals surface area contributed by atoms with Crippen molar-refractivity contribution in [3.05, 3.63) is 18.2 Å². The molecule has 0 bridgehead atoms. The third-order valence-corrected chi connectivity index (χ3v) is 2.67. The van der Waals surface area contributed by atoms with Crippen LogP contribution in [0.1, 0.15) is 0 Å². The highest BCUT2D eigenvalue weighted by Crippen LogP contribution is 2.33. The van der Waals surface area contributed by atoms with Gasteiger partial charge in [0.1, 0.15) is 18.0 Å². The first-order chi connectivity index (χ1) is 9.56. The molecule has 0 amide bonds. The average Bonchev–Trinajstić information content (AvgIpc) is 2.42. The predicted molar refractivity (Wildman–Crippen MR) is 71.7 cm³/mol. The van der Waals surface area contributed by atoms with E-state index in [0.717, 1.165) is 16.9 Å². The summed E-state index contributed by atoms with van der Waals surface area (Å²) in [7, 11) is 4.42. The Morgan fingerprint density at radius 1 is 1.45 bits per heavy atom. The molecule has 20 heavy (non-hydrogen) atoms. The number of hydrogen-bond acceptors (Lipinski definition) is 7. The van der Waals surface area contributed by atoms with Crippen LogP contribution in [0.2, 0.25) is 0 Å². The van der Waals surface area contributed by atoms with Gasteiger partial charge in [-0.3, -0.25) is 9.80 Å². The van der Waals surface area contributed by atoms with Crippen LogP contribution in [0.3, 0.4) is 0 Å². The lowest BCUT2D eigenvalue weighted by Crippen LogP contribution is -2.19. The summed E-state index contributed by atoms with van der Waals surface area (Å²) in [5.74, 6) is -0.476. The number of likely N-dealkylation sites (N-methyl/N-ethyl adjacent to an activating group) is 1. The molecule has 0 fully saturated rings. The topological polar surface area (TPSA) is 93.0 Å². The van der Waals surface area contributed by atoms with Crippen molar-refractivity contribution in [2.45, 2.75) is 4.90 Å². The van der Waals surface area contributed by atoms with Crippen molar-refractivity contribution in [3.63, 3.8) is 0 Å². The van der Waals surface area contributed by atoms with Crippen LogP contribution in [-0.4, -0.2) is 43.9 Å². The molecule has 9 heteroatoms. The SMILES string of the molecule is COOSc1ccc(OC)c(N=NN(C)CC(=O)O)c1. The molecule has 110 valence electrons. The summed E-state index contributed by atoms with van der Waals surface area (Å²) >= 11 is 1.01. The number of carboxylic acid groups (broad SMARTS) is 1. The molecule has 0 aliphatic heterocycles. The molecule has 0 spiro atoms. The monoisotopic (exact) mass is 301 g/mol. The summed E-state index contributed by atoms with van der Waals surface area (Å²) in [4.78, 5) is 15.7. The van der Waals surface area contributed by atoms with Gasteiger partial charge in [0.25, 0.3) is 0 Å². The summed E-state index contributed by atoms with van der Waals surface area (Å²) in [6, 6.07) is 5.15. The highest BCUT2D eigenvalue weighted by atomic mass is 32.2. The molecule has 0 aliphatic carbocycles. The van der Waals surface area contributed by atoms with Crippen molar-refractivity contribution in [3.8, 4) is 5.75 Å². The minimum Gasteiger partial charge on any atom is -0.494 e. The number of nitrogens with zero attached hydrogens (tertiary/aromatic N) is 3. The van der Waals surface area contributed by atoms with Crippen molar-refractivity contribution in [1.82, 2.24) is 5.01 Å². The van der Waals surface area contributed by atoms with Crippen molar-refractivity contribution < 1.29 is 23.9 Å². The Morgan fingerprint density at radius 2 is 2.20 bits per heavy atom. The molecule has 0 aromatic heterocycles. The smallest absolute Gasteiger partial charge is 0.324 e. The van der Waals surface area contributed by atoms with Gasteiger partial charge < -0.3 is 9.84 Å². The number of carboxylic acids is 1. The van der Waals surface area contributed by atoms with Gasteiger partial charge in [-0.25, -0.2) is 4.89 Å². The Balaban J connectivity index is 2.84. The van der Waals surface area contributed by atoms with E-state index in [4.69, 9.17) is 14.2 Å². The van der Waals surface area contributed by atoms with Gasteiger partial charge in [-0.2, -0.15) is 4.33 Å². The lowest BCUT2D eigenvalue weighted by Gasteiger charge is -2.09. The van der Waals surface area contributed by atoms with E-state index in [1.165, 1.54) is 26.3 Å². The maximum atomic E-state index is 10.5. The van der Waals surface area contributed by atoms with Crippen molar-refractivity contribution in [2.24, 2.45) is 10.3 Å². The lowest BCUT2D eigenvalue weighted by molar-refractivity contribution is -0.160. The van der Waals surface area contributed by atoms with E-state index in [1.807, 2.05) is 0 Å². The standard InChI is InChI=1S/C11H15N3O5S/c1-14(7-11(15)16)13-12-9-6-8(20-19-18-3)4-5-10(9)17-2/h4-6H,7H2,1-3H3,(H,15,16). The molecule has 8 nitrogen and oxygen atoms in total. The molecule has 0 atom stereocenters. The van der Waals surface area contributed by atoms with Gasteiger partial charge in [-0.05, 0) is 18.2 Å². The summed E-state index contributed by atoms with van der Waals surface area (Å²) in [5, 5.41) is 17.6. The largest absolute Gasteiger partial charge is 0.494 e. The van der Waals surface area contributed by atoms with Crippen LogP contribution in [-0.2, 0) is 14.0 Å². The minimum atomic E-state index is -0.990. The van der Waals surface area contributed by atoms with Crippen LogP contribution in [0.4, 0.5) is 5.69 Å². The normalized spacial score (nSPS) is 10.8. The predicted octanol–water partition coefficient (Wildman–Crippen LogP) is 2.30. The van der Waals surface area contributed by atoms with Crippen molar-refractivity contribution in [1.29, 1.82) is 0 Å². The number of methoxy groups -OCH3 is 1. The second-order valence-corrected chi connectivity index (χ2v) is 4.32. The zero-order valence-electron chi connectivity index (χ0n) is 11.3. The van der Waals surface area contributed by atoms with Crippen LogP contribution in [0.15, 0.2) is 33.4 Å². The number of benzene rings is 1. The summed E-state index contributed by atoms with van der Waals surface area (Å²) in [6.45, 7) is -0.243. The second kappa shape index (κ2) is 8.35. The quantitative estimate of drug-likeness (QED) is 0.341. The first-order valence-electron chi connectivity index (χ1n) is 5.46. The third kappa shape index (κ3) is 5.43. The van der Waals surface area contributed by atoms with E-state index < -0.39 is 5.97 Å². The Labute approximate surface area is 120 Å². The van der Waals surface area contributed by atoms with Crippen LogP contribution in [0.25, 0.3) is 0 Å². The van der Waals surface area contributed by atoms with Crippen LogP contribution in [0.5, 0.6) is 5.75 Å². The molecular formula is C11H15N3O5S. The van der Waals surface area contributed by atoms with Crippen molar-refractivity contribution >= 4 is 23.7 Å². The molecule has 1 aromatic rings. The number of ether oxygens (including phenoxy) is 1. The maximum Gasteiger partial charge on any atom is 0.324 e. The van der Waals surface area contributed by atoms with E-state index in [9.17, 15) is 4.79 Å². The molecule has 1 rings (SSSR count). The minimum absolute atomic E-state index is 0.243. The summed E-state index contributed by atoms with van der Waals surface area (Å²) < 4.78 is 9.89. The summed E-state index contributed by atoms with van der Waals surface area (Å²) in [6.07, 6.45) is 0. The third-order valence-electron chi connectivity index (χ3n) is 2.02. The molecular weight excluding hydrogens is 286 g/mol. The van der Waals surface area contributed by atoms with Gasteiger partial charge in [-0.15, -0.1) is 5.11 Å². The number of hydrogen-bond donors (Lipinski definition) is 1. The van der Waals surface area contributed by atoms with Gasteiger partial charge in [-0.1, -0.05) is 5.22 Å². The number of aliphatic carboxylic acids is 1. The molecule has 0 unspecified atom stereocenters. The Bertz CT molecular complexity index is 483. The summed E-state index contributed by atoms with van der Waals surface area (Å²) in [5.41, 5.74) is 0.453. The van der Waals surface area contributed by atoms with Crippen LogP contribution in [0, 0.1) is 0 Å². The van der Waals surface area contributed by atoms with Gasteiger partial charge in [0, 0.05) is 11.9 Å². The Morgan fingerprint density at radius 3 is 2.80 bits per heavy atom. The zero-order valence-corrected chi connectivity index (χ0v) is 12.1. The van der Waals surface area contributed by atoms with E-state index in [-0.39, 0.29) is 6.54 Å². The molecule has 0 heterocycles. The van der Waals surface area contributed by atoms with E-state index in [0.29, 0.717) is 11.4 Å². The molecule has 0 aliphatic rings. The number of rotatable bonds is 8. The Hall–Kier alpha value is -1.84. The van der Waals surface area contributed by atoms with Crippen LogP contribution >= 0.6 is 12.0 Å². The molecule has 0 saturated carbocycles. The molecule has 0 radical (unpaired) electrons. The Kier molecular flexibility index (Phi) is 6.77. The first kappa shape index (κ1) is 16.2. The molecule has 0 saturated heterocycles. The fourth-order valence-corrected chi connectivity index (χ4v) is 1.65. The van der Waals surface area contributed by atoms with Gasteiger partial charge in [0.05, 0.1) is 26.3 Å².